The fourth-order valence-electron chi connectivity index (χ4n) is 2.74. The Kier molecular flexibility index (Phi) is 4.64. The third kappa shape index (κ3) is 3.32. The van der Waals surface area contributed by atoms with Gasteiger partial charge in [0.05, 0.1) is 16.2 Å². The van der Waals surface area contributed by atoms with E-state index in [4.69, 9.17) is 28.9 Å². The second-order valence-electron chi connectivity index (χ2n) is 6.28. The van der Waals surface area contributed by atoms with Gasteiger partial charge in [-0.2, -0.15) is 5.26 Å². The van der Waals surface area contributed by atoms with E-state index < -0.39 is 0 Å². The third-order valence-corrected chi connectivity index (χ3v) is 5.12. The first-order valence-electron chi connectivity index (χ1n) is 7.67. The molecule has 0 aliphatic carbocycles. The largest absolute Gasteiger partial charge is 0.355 e. The van der Waals surface area contributed by atoms with Gasteiger partial charge in [-0.25, -0.2) is 9.97 Å². The first-order valence-corrected chi connectivity index (χ1v) is 8.42. The monoisotopic (exact) mass is 361 g/mol. The average molecular weight is 362 g/mol. The van der Waals surface area contributed by atoms with Gasteiger partial charge in [-0.3, -0.25) is 0 Å². The Labute approximate surface area is 151 Å². The van der Waals surface area contributed by atoms with Gasteiger partial charge < -0.3 is 10.6 Å². The lowest BCUT2D eigenvalue weighted by Gasteiger charge is -2.37. The fraction of sp³-hybridized carbons (Fsp3) is 0.353. The molecule has 2 N–H and O–H groups in total. The Morgan fingerprint density at radius 1 is 1.29 bits per heavy atom. The summed E-state index contributed by atoms with van der Waals surface area (Å²) in [6.45, 7) is 3.65. The number of nitriles is 1. The van der Waals surface area contributed by atoms with E-state index in [9.17, 15) is 5.26 Å². The van der Waals surface area contributed by atoms with Crippen molar-refractivity contribution < 1.29 is 0 Å². The molecule has 1 aliphatic heterocycles. The maximum Gasteiger partial charge on any atom is 0.169 e. The summed E-state index contributed by atoms with van der Waals surface area (Å²) in [5.74, 6) is 0.684. The van der Waals surface area contributed by atoms with E-state index in [0.29, 0.717) is 27.1 Å². The van der Waals surface area contributed by atoms with Crippen molar-refractivity contribution in [1.29, 1.82) is 5.26 Å². The molecule has 1 aromatic carbocycles. The van der Waals surface area contributed by atoms with E-state index >= 15 is 0 Å². The van der Waals surface area contributed by atoms with Crippen molar-refractivity contribution in [2.75, 3.05) is 18.0 Å². The van der Waals surface area contributed by atoms with Crippen LogP contribution in [0.4, 0.5) is 5.82 Å². The van der Waals surface area contributed by atoms with Gasteiger partial charge >= 0.3 is 0 Å². The molecule has 24 heavy (non-hydrogen) atoms. The van der Waals surface area contributed by atoms with Crippen molar-refractivity contribution >= 4 is 29.0 Å². The molecule has 0 radical (unpaired) electrons. The van der Waals surface area contributed by atoms with Crippen molar-refractivity contribution in [3.8, 4) is 17.3 Å². The number of nitrogens with two attached hydrogens (primary N) is 1. The SMILES string of the molecule is CC1(N)CCN(c2cnc(-c3cccc(Cl)c3Cl)c(C#N)n2)CC1. The molecular weight excluding hydrogens is 345 g/mol. The fourth-order valence-corrected chi connectivity index (χ4v) is 3.13. The summed E-state index contributed by atoms with van der Waals surface area (Å²) in [4.78, 5) is 11.0. The quantitative estimate of drug-likeness (QED) is 0.882. The number of benzene rings is 1. The predicted octanol–water partition coefficient (Wildman–Crippen LogP) is 3.64. The Morgan fingerprint density at radius 3 is 2.67 bits per heavy atom. The van der Waals surface area contributed by atoms with Crippen LogP contribution < -0.4 is 10.6 Å². The van der Waals surface area contributed by atoms with Gasteiger partial charge in [-0.1, -0.05) is 35.3 Å². The Morgan fingerprint density at radius 2 is 2.00 bits per heavy atom. The molecule has 3 rings (SSSR count). The van der Waals surface area contributed by atoms with Gasteiger partial charge in [0, 0.05) is 24.2 Å². The molecule has 1 saturated heterocycles. The van der Waals surface area contributed by atoms with Gasteiger partial charge in [0.25, 0.3) is 0 Å². The summed E-state index contributed by atoms with van der Waals surface area (Å²) >= 11 is 12.3. The Hall–Kier alpha value is -1.87. The number of aromatic nitrogens is 2. The molecular formula is C17H17Cl2N5. The molecule has 0 atom stereocenters. The highest BCUT2D eigenvalue weighted by atomic mass is 35.5. The highest BCUT2D eigenvalue weighted by molar-refractivity contribution is 6.43. The van der Waals surface area contributed by atoms with Crippen molar-refractivity contribution in [3.63, 3.8) is 0 Å². The minimum absolute atomic E-state index is 0.143. The van der Waals surface area contributed by atoms with Crippen molar-refractivity contribution in [2.24, 2.45) is 5.73 Å². The molecule has 1 aromatic heterocycles. The van der Waals surface area contributed by atoms with Crippen LogP contribution in [0.2, 0.25) is 10.0 Å². The zero-order valence-corrected chi connectivity index (χ0v) is 14.8. The topological polar surface area (TPSA) is 78.8 Å². The summed E-state index contributed by atoms with van der Waals surface area (Å²) in [5, 5.41) is 10.3. The van der Waals surface area contributed by atoms with E-state index in [1.165, 1.54) is 0 Å². The molecule has 0 unspecified atom stereocenters. The molecule has 124 valence electrons. The van der Waals surface area contributed by atoms with Crippen LogP contribution in [0, 0.1) is 11.3 Å². The minimum atomic E-state index is -0.143. The molecule has 2 aromatic rings. The van der Waals surface area contributed by atoms with Gasteiger partial charge in [0.2, 0.25) is 0 Å². The molecule has 1 fully saturated rings. The van der Waals surface area contributed by atoms with Gasteiger partial charge in [-0.05, 0) is 25.8 Å². The van der Waals surface area contributed by atoms with Gasteiger partial charge in [0.1, 0.15) is 17.6 Å². The van der Waals surface area contributed by atoms with Crippen molar-refractivity contribution in [3.05, 3.63) is 40.1 Å². The highest BCUT2D eigenvalue weighted by Gasteiger charge is 2.27. The first kappa shape index (κ1) is 17.0. The van der Waals surface area contributed by atoms with Crippen LogP contribution in [0.1, 0.15) is 25.5 Å². The van der Waals surface area contributed by atoms with E-state index in [2.05, 4.69) is 27.9 Å². The van der Waals surface area contributed by atoms with Crippen LogP contribution >= 0.6 is 23.2 Å². The molecule has 0 saturated carbocycles. The molecule has 2 heterocycles. The summed E-state index contributed by atoms with van der Waals surface area (Å²) < 4.78 is 0. The number of nitrogens with zero attached hydrogens (tertiary/aromatic N) is 4. The lowest BCUT2D eigenvalue weighted by molar-refractivity contribution is 0.363. The highest BCUT2D eigenvalue weighted by Crippen LogP contribution is 2.34. The number of halogens is 2. The molecule has 5 nitrogen and oxygen atoms in total. The first-order chi connectivity index (χ1) is 11.4. The lowest BCUT2D eigenvalue weighted by Crippen LogP contribution is -2.48. The van der Waals surface area contributed by atoms with E-state index in [-0.39, 0.29) is 11.2 Å². The molecule has 7 heteroatoms. The number of anilines is 1. The smallest absolute Gasteiger partial charge is 0.169 e. The summed E-state index contributed by atoms with van der Waals surface area (Å²) in [6, 6.07) is 7.35. The maximum atomic E-state index is 9.48. The van der Waals surface area contributed by atoms with Gasteiger partial charge in [0.15, 0.2) is 5.69 Å². The zero-order chi connectivity index (χ0) is 17.3. The standard InChI is InChI=1S/C17H17Cl2N5/c1-17(21)5-7-24(8-6-17)14-10-22-16(13(9-20)23-14)11-3-2-4-12(18)15(11)19/h2-4,10H,5-8,21H2,1H3. The van der Waals surface area contributed by atoms with E-state index in [1.54, 1.807) is 24.4 Å². The summed E-state index contributed by atoms with van der Waals surface area (Å²) in [6.07, 6.45) is 3.42. The second-order valence-corrected chi connectivity index (χ2v) is 7.06. The average Bonchev–Trinajstić information content (AvgIpc) is 2.57. The van der Waals surface area contributed by atoms with Gasteiger partial charge in [-0.15, -0.1) is 0 Å². The normalized spacial score (nSPS) is 16.7. The van der Waals surface area contributed by atoms with Crippen LogP contribution in [-0.4, -0.2) is 28.6 Å². The number of rotatable bonds is 2. The zero-order valence-electron chi connectivity index (χ0n) is 13.3. The van der Waals surface area contributed by atoms with Crippen LogP contribution in [0.15, 0.2) is 24.4 Å². The number of hydrogen-bond acceptors (Lipinski definition) is 5. The van der Waals surface area contributed by atoms with Crippen LogP contribution in [-0.2, 0) is 0 Å². The third-order valence-electron chi connectivity index (χ3n) is 4.30. The number of piperidine rings is 1. The summed E-state index contributed by atoms with van der Waals surface area (Å²) in [7, 11) is 0. The van der Waals surface area contributed by atoms with E-state index in [1.807, 2.05) is 0 Å². The van der Waals surface area contributed by atoms with E-state index in [0.717, 1.165) is 25.9 Å². The minimum Gasteiger partial charge on any atom is -0.355 e. The molecule has 0 bridgehead atoms. The lowest BCUT2D eigenvalue weighted by atomic mass is 9.91. The Balaban J connectivity index is 1.95. The summed E-state index contributed by atoms with van der Waals surface area (Å²) in [5.41, 5.74) is 7.30. The van der Waals surface area contributed by atoms with Crippen molar-refractivity contribution in [2.45, 2.75) is 25.3 Å². The van der Waals surface area contributed by atoms with Crippen LogP contribution in [0.25, 0.3) is 11.3 Å². The maximum absolute atomic E-state index is 9.48. The van der Waals surface area contributed by atoms with Crippen LogP contribution in [0.5, 0.6) is 0 Å². The predicted molar refractivity (Wildman–Crippen MR) is 96.2 cm³/mol. The van der Waals surface area contributed by atoms with Crippen molar-refractivity contribution in [1.82, 2.24) is 9.97 Å². The molecule has 0 spiro atoms. The van der Waals surface area contributed by atoms with Crippen LogP contribution in [0.3, 0.4) is 0 Å². The molecule has 1 aliphatic rings. The Bertz CT molecular complexity index is 803. The number of hydrogen-bond donors (Lipinski definition) is 1. The molecule has 0 amide bonds. The second kappa shape index (κ2) is 6.56.